The largest absolute Gasteiger partial charge is 0.416 e. The first-order valence-corrected chi connectivity index (χ1v) is 10.1. The highest BCUT2D eigenvalue weighted by atomic mass is 32.1. The van der Waals surface area contributed by atoms with E-state index in [-0.39, 0.29) is 18.2 Å². The fourth-order valence-electron chi connectivity index (χ4n) is 2.99. The molecule has 0 fully saturated rings. The van der Waals surface area contributed by atoms with Gasteiger partial charge in [-0.2, -0.15) is 13.2 Å². The van der Waals surface area contributed by atoms with Crippen molar-refractivity contribution in [3.63, 3.8) is 0 Å². The number of rotatable bonds is 6. The number of benzene rings is 1. The molecule has 0 spiro atoms. The van der Waals surface area contributed by atoms with E-state index in [2.05, 4.69) is 5.32 Å². The Morgan fingerprint density at radius 1 is 1.17 bits per heavy atom. The van der Waals surface area contributed by atoms with Crippen LogP contribution >= 0.6 is 11.3 Å². The number of nitrogens with one attached hydrogen (secondary N) is 1. The molecule has 0 bridgehead atoms. The molecule has 30 heavy (non-hydrogen) atoms. The third-order valence-corrected chi connectivity index (χ3v) is 5.43. The maximum absolute atomic E-state index is 12.9. The van der Waals surface area contributed by atoms with Gasteiger partial charge in [0.2, 0.25) is 5.91 Å². The number of thiophene rings is 1. The quantitative estimate of drug-likeness (QED) is 0.633. The number of fused-ring (bicyclic) bond motifs is 1. The van der Waals surface area contributed by atoms with Crippen LogP contribution in [0, 0.1) is 5.92 Å². The van der Waals surface area contributed by atoms with Gasteiger partial charge in [0, 0.05) is 12.2 Å². The Hall–Kier alpha value is -2.88. The van der Waals surface area contributed by atoms with E-state index in [1.54, 1.807) is 11.4 Å². The van der Waals surface area contributed by atoms with Crippen LogP contribution in [-0.4, -0.2) is 15.0 Å². The van der Waals surface area contributed by atoms with E-state index in [1.165, 1.54) is 28.0 Å². The maximum atomic E-state index is 12.9. The van der Waals surface area contributed by atoms with Gasteiger partial charge >= 0.3 is 11.9 Å². The van der Waals surface area contributed by atoms with Gasteiger partial charge in [-0.1, -0.05) is 19.9 Å². The number of nitrogens with zero attached hydrogens (tertiary/aromatic N) is 2. The van der Waals surface area contributed by atoms with Crippen molar-refractivity contribution < 1.29 is 18.0 Å². The van der Waals surface area contributed by atoms with E-state index in [0.717, 1.165) is 16.7 Å². The maximum Gasteiger partial charge on any atom is 0.416 e. The molecule has 160 valence electrons. The van der Waals surface area contributed by atoms with Crippen molar-refractivity contribution in [2.75, 3.05) is 5.32 Å². The first-order valence-electron chi connectivity index (χ1n) is 9.26. The monoisotopic (exact) mass is 439 g/mol. The topological polar surface area (TPSA) is 73.1 Å². The number of halogens is 3. The Labute approximate surface area is 173 Å². The number of hydrogen-bond donors (Lipinski definition) is 1. The van der Waals surface area contributed by atoms with Crippen molar-refractivity contribution in [1.29, 1.82) is 0 Å². The minimum Gasteiger partial charge on any atom is -0.325 e. The van der Waals surface area contributed by atoms with Crippen LogP contribution in [0.1, 0.15) is 25.8 Å². The molecule has 0 saturated carbocycles. The molecule has 0 radical (unpaired) electrons. The van der Waals surface area contributed by atoms with E-state index in [0.29, 0.717) is 16.6 Å². The fraction of sp³-hybridized carbons (Fsp3) is 0.350. The van der Waals surface area contributed by atoms with Crippen LogP contribution in [-0.2, 0) is 24.1 Å². The summed E-state index contributed by atoms with van der Waals surface area (Å²) in [6, 6.07) is 5.82. The summed E-state index contributed by atoms with van der Waals surface area (Å²) < 4.78 is 41.2. The van der Waals surface area contributed by atoms with Crippen LogP contribution in [0.25, 0.3) is 10.2 Å². The normalized spacial score (nSPS) is 11.9. The minimum atomic E-state index is -4.54. The van der Waals surface area contributed by atoms with Crippen LogP contribution < -0.4 is 16.6 Å². The lowest BCUT2D eigenvalue weighted by atomic mass is 10.1. The summed E-state index contributed by atoms with van der Waals surface area (Å²) >= 11 is 1.17. The lowest BCUT2D eigenvalue weighted by Crippen LogP contribution is -2.41. The first kappa shape index (κ1) is 21.8. The van der Waals surface area contributed by atoms with Crippen LogP contribution in [0.4, 0.5) is 18.9 Å². The number of carbonyl (C=O) groups excluding carboxylic acids is 1. The number of amides is 1. The second kappa shape index (κ2) is 8.47. The third kappa shape index (κ3) is 4.64. The van der Waals surface area contributed by atoms with Crippen molar-refractivity contribution >= 4 is 33.1 Å². The second-order valence-corrected chi connectivity index (χ2v) is 8.19. The number of alkyl halides is 3. The Bertz CT molecular complexity index is 1190. The minimum absolute atomic E-state index is 0.0300. The zero-order valence-electron chi connectivity index (χ0n) is 16.3. The molecule has 0 aliphatic rings. The molecule has 1 N–H and O–H groups in total. The zero-order chi connectivity index (χ0) is 22.1. The number of aromatic nitrogens is 2. The van der Waals surface area contributed by atoms with Gasteiger partial charge in [-0.3, -0.25) is 18.7 Å². The Kier molecular flexibility index (Phi) is 6.16. The average Bonchev–Trinajstić information content (AvgIpc) is 3.14. The molecular formula is C20H20F3N3O3S. The van der Waals surface area contributed by atoms with Crippen molar-refractivity contribution in [2.24, 2.45) is 5.92 Å². The summed E-state index contributed by atoms with van der Waals surface area (Å²) in [5.41, 5.74) is -1.61. The van der Waals surface area contributed by atoms with Gasteiger partial charge in [0.25, 0.3) is 5.56 Å². The van der Waals surface area contributed by atoms with Gasteiger partial charge in [0.15, 0.2) is 0 Å². The molecule has 0 atom stereocenters. The Morgan fingerprint density at radius 2 is 1.90 bits per heavy atom. The van der Waals surface area contributed by atoms with Crippen LogP contribution in [0.15, 0.2) is 45.3 Å². The predicted molar refractivity (Wildman–Crippen MR) is 110 cm³/mol. The molecule has 0 aliphatic heterocycles. The first-order chi connectivity index (χ1) is 14.1. The van der Waals surface area contributed by atoms with Crippen LogP contribution in [0.5, 0.6) is 0 Å². The molecular weight excluding hydrogens is 419 g/mol. The summed E-state index contributed by atoms with van der Waals surface area (Å²) in [7, 11) is 0. The Balaban J connectivity index is 1.92. The van der Waals surface area contributed by atoms with E-state index < -0.39 is 35.4 Å². The van der Waals surface area contributed by atoms with Gasteiger partial charge in [0.05, 0.1) is 11.1 Å². The van der Waals surface area contributed by atoms with Crippen molar-refractivity contribution in [3.05, 3.63) is 62.1 Å². The predicted octanol–water partition coefficient (Wildman–Crippen LogP) is 3.93. The highest BCUT2D eigenvalue weighted by Gasteiger charge is 2.30. The van der Waals surface area contributed by atoms with Crippen molar-refractivity contribution in [1.82, 2.24) is 9.13 Å². The lowest BCUT2D eigenvalue weighted by molar-refractivity contribution is -0.137. The van der Waals surface area contributed by atoms with Gasteiger partial charge in [0.1, 0.15) is 11.2 Å². The molecule has 2 aromatic heterocycles. The summed E-state index contributed by atoms with van der Waals surface area (Å²) in [5.74, 6) is -0.397. The molecule has 1 aromatic carbocycles. The van der Waals surface area contributed by atoms with E-state index in [4.69, 9.17) is 0 Å². The number of carbonyl (C=O) groups is 1. The number of hydrogen-bond acceptors (Lipinski definition) is 4. The molecule has 3 rings (SSSR count). The smallest absolute Gasteiger partial charge is 0.325 e. The molecule has 3 aromatic rings. The van der Waals surface area contributed by atoms with Crippen molar-refractivity contribution in [3.8, 4) is 0 Å². The summed E-state index contributed by atoms with van der Waals surface area (Å²) in [5, 5.41) is 4.04. The van der Waals surface area contributed by atoms with Gasteiger partial charge in [-0.05, 0) is 42.0 Å². The highest BCUT2D eigenvalue weighted by Crippen LogP contribution is 2.30. The zero-order valence-corrected chi connectivity index (χ0v) is 17.1. The third-order valence-electron chi connectivity index (χ3n) is 4.54. The van der Waals surface area contributed by atoms with E-state index in [9.17, 15) is 27.6 Å². The van der Waals surface area contributed by atoms with Gasteiger partial charge < -0.3 is 5.32 Å². The lowest BCUT2D eigenvalue weighted by Gasteiger charge is -2.14. The molecule has 6 nitrogen and oxygen atoms in total. The summed E-state index contributed by atoms with van der Waals surface area (Å²) in [6.07, 6.45) is -3.92. The highest BCUT2D eigenvalue weighted by molar-refractivity contribution is 7.17. The van der Waals surface area contributed by atoms with Crippen molar-refractivity contribution in [2.45, 2.75) is 39.5 Å². The SMILES string of the molecule is CC(C)CCn1c(=O)c2sccc2n(CC(=O)Nc2cccc(C(F)(F)F)c2)c1=O. The number of anilines is 1. The van der Waals surface area contributed by atoms with Gasteiger partial charge in [-0.15, -0.1) is 11.3 Å². The van der Waals surface area contributed by atoms with Gasteiger partial charge in [-0.25, -0.2) is 4.79 Å². The van der Waals surface area contributed by atoms with Crippen LogP contribution in [0.2, 0.25) is 0 Å². The summed E-state index contributed by atoms with van der Waals surface area (Å²) in [4.78, 5) is 38.0. The van der Waals surface area contributed by atoms with E-state index >= 15 is 0 Å². The Morgan fingerprint density at radius 3 is 2.57 bits per heavy atom. The second-order valence-electron chi connectivity index (χ2n) is 7.27. The average molecular weight is 439 g/mol. The molecule has 0 aliphatic carbocycles. The summed E-state index contributed by atoms with van der Waals surface area (Å²) in [6.45, 7) is 3.73. The van der Waals surface area contributed by atoms with Crippen LogP contribution in [0.3, 0.4) is 0 Å². The molecule has 0 unspecified atom stereocenters. The molecule has 0 saturated heterocycles. The van der Waals surface area contributed by atoms with E-state index in [1.807, 2.05) is 13.8 Å². The molecule has 1 amide bonds. The standard InChI is InChI=1S/C20H20F3N3O3S/c1-12(2)6-8-25-18(28)17-15(7-9-30-17)26(19(25)29)11-16(27)24-14-5-3-4-13(10-14)20(21,22)23/h3-5,7,9-10,12H,6,8,11H2,1-2H3,(H,24,27). The molecule has 2 heterocycles. The molecule has 10 heteroatoms. The fourth-order valence-corrected chi connectivity index (χ4v) is 3.83.